The van der Waals surface area contributed by atoms with Gasteiger partial charge in [-0.2, -0.15) is 0 Å². The van der Waals surface area contributed by atoms with Gasteiger partial charge < -0.3 is 19.8 Å². The summed E-state index contributed by atoms with van der Waals surface area (Å²) in [5, 5.41) is 1.97. The molecule has 1 aromatic carbocycles. The predicted octanol–water partition coefficient (Wildman–Crippen LogP) is 4.65. The van der Waals surface area contributed by atoms with Crippen molar-refractivity contribution in [1.82, 2.24) is 19.5 Å². The van der Waals surface area contributed by atoms with Gasteiger partial charge in [-0.3, -0.25) is 4.98 Å². The molecular formula is C23H27N5O2. The molecule has 4 aromatic rings. The van der Waals surface area contributed by atoms with E-state index in [2.05, 4.69) is 19.5 Å². The maximum Gasteiger partial charge on any atom is 0.147 e. The Morgan fingerprint density at radius 1 is 1.13 bits per heavy atom. The number of rotatable bonds is 4. The highest BCUT2D eigenvalue weighted by Gasteiger charge is 2.29. The molecule has 2 atom stereocenters. The Hall–Kier alpha value is -3.19. The van der Waals surface area contributed by atoms with E-state index in [9.17, 15) is 0 Å². The number of ether oxygens (including phenoxy) is 2. The number of nitrogen functional groups attached to an aromatic ring is 1. The van der Waals surface area contributed by atoms with Gasteiger partial charge in [0.25, 0.3) is 0 Å². The number of pyridine rings is 1. The van der Waals surface area contributed by atoms with Gasteiger partial charge in [0.15, 0.2) is 0 Å². The Kier molecular flexibility index (Phi) is 5.81. The van der Waals surface area contributed by atoms with E-state index < -0.39 is 0 Å². The van der Waals surface area contributed by atoms with Crippen molar-refractivity contribution in [1.29, 1.82) is 0 Å². The van der Waals surface area contributed by atoms with Crippen LogP contribution < -0.4 is 10.5 Å². The minimum absolute atomic E-state index is 0.0282. The van der Waals surface area contributed by atoms with Crippen LogP contribution in [0.5, 0.6) is 5.75 Å². The third kappa shape index (κ3) is 3.80. The van der Waals surface area contributed by atoms with Crippen molar-refractivity contribution in [2.24, 2.45) is 0 Å². The van der Waals surface area contributed by atoms with Gasteiger partial charge in [-0.1, -0.05) is 19.9 Å². The van der Waals surface area contributed by atoms with Crippen molar-refractivity contribution in [3.8, 4) is 5.75 Å². The number of hydrogen-bond acceptors (Lipinski definition) is 6. The van der Waals surface area contributed by atoms with Gasteiger partial charge in [0.1, 0.15) is 36.4 Å². The predicted molar refractivity (Wildman–Crippen MR) is 118 cm³/mol. The van der Waals surface area contributed by atoms with E-state index in [1.165, 1.54) is 6.33 Å². The molecule has 0 bridgehead atoms. The average molecular weight is 406 g/mol. The van der Waals surface area contributed by atoms with Crippen molar-refractivity contribution in [3.63, 3.8) is 0 Å². The molecular weight excluding hydrogens is 378 g/mol. The lowest BCUT2D eigenvalue weighted by Gasteiger charge is -2.18. The summed E-state index contributed by atoms with van der Waals surface area (Å²) in [5.74, 6) is 1.30. The molecule has 0 spiro atoms. The summed E-state index contributed by atoms with van der Waals surface area (Å²) in [4.78, 5) is 12.9. The average Bonchev–Trinajstić information content (AvgIpc) is 3.37. The van der Waals surface area contributed by atoms with Crippen LogP contribution in [0.4, 0.5) is 5.82 Å². The van der Waals surface area contributed by atoms with E-state index in [-0.39, 0.29) is 12.3 Å². The number of anilines is 1. The molecule has 1 aliphatic heterocycles. The number of benzene rings is 1. The number of aryl methyl sites for hydroxylation is 1. The molecule has 0 saturated carbocycles. The van der Waals surface area contributed by atoms with Crippen molar-refractivity contribution < 1.29 is 9.47 Å². The molecule has 1 fully saturated rings. The van der Waals surface area contributed by atoms with Crippen LogP contribution in [-0.4, -0.2) is 32.2 Å². The topological polar surface area (TPSA) is 88.1 Å². The standard InChI is InChI=1S/C21H21N5O2.C2H6/c1-13-9-17-20(22)24-12-25-21(17)26(13)19-7-6-16(28-19)11-27-15-5-4-14-3-2-8-23-18(14)10-15;1-2/h2-5,8-10,12,16,19H,6-7,11H2,1H3,(H2,22,24,25);1-2H3. The van der Waals surface area contributed by atoms with Crippen LogP contribution in [0.3, 0.4) is 0 Å². The molecule has 2 unspecified atom stereocenters. The fourth-order valence-corrected chi connectivity index (χ4v) is 3.86. The molecule has 0 radical (unpaired) electrons. The number of nitrogens with zero attached hydrogens (tertiary/aromatic N) is 4. The minimum Gasteiger partial charge on any atom is -0.491 e. The van der Waals surface area contributed by atoms with Crippen LogP contribution in [-0.2, 0) is 4.74 Å². The SMILES string of the molecule is CC.Cc1cc2c(N)ncnc2n1C1CCC(COc2ccc3cccnc3c2)O1. The molecule has 7 heteroatoms. The van der Waals surface area contributed by atoms with Crippen LogP contribution in [0, 0.1) is 6.92 Å². The van der Waals surface area contributed by atoms with E-state index >= 15 is 0 Å². The van der Waals surface area contributed by atoms with Crippen LogP contribution in [0.25, 0.3) is 21.9 Å². The molecule has 1 saturated heterocycles. The summed E-state index contributed by atoms with van der Waals surface area (Å²) in [6.45, 7) is 6.54. The summed E-state index contributed by atoms with van der Waals surface area (Å²) >= 11 is 0. The Balaban J connectivity index is 0.00000106. The summed E-state index contributed by atoms with van der Waals surface area (Å²) in [5.41, 5.74) is 8.79. The lowest BCUT2D eigenvalue weighted by Crippen LogP contribution is -2.19. The number of hydrogen-bond donors (Lipinski definition) is 1. The summed E-state index contributed by atoms with van der Waals surface area (Å²) in [6, 6.07) is 11.9. The number of aromatic nitrogens is 4. The zero-order valence-corrected chi connectivity index (χ0v) is 17.6. The van der Waals surface area contributed by atoms with Gasteiger partial charge in [-0.15, -0.1) is 0 Å². The van der Waals surface area contributed by atoms with Gasteiger partial charge in [0.05, 0.1) is 17.0 Å². The summed E-state index contributed by atoms with van der Waals surface area (Å²) < 4.78 is 14.4. The highest BCUT2D eigenvalue weighted by molar-refractivity contribution is 5.87. The Morgan fingerprint density at radius 2 is 2.00 bits per heavy atom. The Bertz CT molecular complexity index is 1160. The quantitative estimate of drug-likeness (QED) is 0.531. The second kappa shape index (κ2) is 8.67. The first-order valence-electron chi connectivity index (χ1n) is 10.4. The maximum atomic E-state index is 6.26. The highest BCUT2D eigenvalue weighted by Crippen LogP contribution is 2.34. The number of fused-ring (bicyclic) bond motifs is 2. The molecule has 2 N–H and O–H groups in total. The smallest absolute Gasteiger partial charge is 0.147 e. The van der Waals surface area contributed by atoms with E-state index in [4.69, 9.17) is 15.2 Å². The fraction of sp³-hybridized carbons (Fsp3) is 0.348. The third-order valence-corrected chi connectivity index (χ3v) is 5.24. The second-order valence-corrected chi connectivity index (χ2v) is 7.11. The molecule has 30 heavy (non-hydrogen) atoms. The van der Waals surface area contributed by atoms with Crippen molar-refractivity contribution in [2.75, 3.05) is 12.3 Å². The Labute approximate surface area is 175 Å². The minimum atomic E-state index is -0.0707. The summed E-state index contributed by atoms with van der Waals surface area (Å²) in [6.07, 6.45) is 5.07. The van der Waals surface area contributed by atoms with E-state index in [0.717, 1.165) is 46.2 Å². The second-order valence-electron chi connectivity index (χ2n) is 7.11. The zero-order valence-electron chi connectivity index (χ0n) is 17.6. The van der Waals surface area contributed by atoms with Crippen molar-refractivity contribution in [2.45, 2.75) is 45.9 Å². The molecule has 1 aliphatic rings. The molecule has 0 aliphatic carbocycles. The fourth-order valence-electron chi connectivity index (χ4n) is 3.86. The van der Waals surface area contributed by atoms with Crippen molar-refractivity contribution in [3.05, 3.63) is 54.6 Å². The van der Waals surface area contributed by atoms with Gasteiger partial charge in [-0.05, 0) is 44.0 Å². The summed E-state index contributed by atoms with van der Waals surface area (Å²) in [7, 11) is 0. The third-order valence-electron chi connectivity index (χ3n) is 5.24. The van der Waals surface area contributed by atoms with Crippen LogP contribution in [0.1, 0.15) is 38.6 Å². The van der Waals surface area contributed by atoms with E-state index in [0.29, 0.717) is 12.4 Å². The monoisotopic (exact) mass is 405 g/mol. The first-order valence-corrected chi connectivity index (χ1v) is 10.4. The molecule has 0 amide bonds. The van der Waals surface area contributed by atoms with Crippen LogP contribution in [0.2, 0.25) is 0 Å². The molecule has 5 rings (SSSR count). The van der Waals surface area contributed by atoms with Gasteiger partial charge in [0.2, 0.25) is 0 Å². The normalized spacial score (nSPS) is 18.4. The molecule has 3 aromatic heterocycles. The maximum absolute atomic E-state index is 6.26. The van der Waals surface area contributed by atoms with Gasteiger partial charge >= 0.3 is 0 Å². The lowest BCUT2D eigenvalue weighted by atomic mass is 10.2. The van der Waals surface area contributed by atoms with Gasteiger partial charge in [0, 0.05) is 23.3 Å². The van der Waals surface area contributed by atoms with E-state index in [1.54, 1.807) is 6.20 Å². The van der Waals surface area contributed by atoms with Crippen LogP contribution >= 0.6 is 0 Å². The first kappa shape index (κ1) is 20.1. The largest absolute Gasteiger partial charge is 0.491 e. The van der Waals surface area contributed by atoms with Gasteiger partial charge in [-0.25, -0.2) is 9.97 Å². The highest BCUT2D eigenvalue weighted by atomic mass is 16.6. The van der Waals surface area contributed by atoms with Crippen molar-refractivity contribution >= 4 is 27.8 Å². The molecule has 7 nitrogen and oxygen atoms in total. The molecule has 156 valence electrons. The van der Waals surface area contributed by atoms with E-state index in [1.807, 2.05) is 57.2 Å². The molecule has 4 heterocycles. The zero-order chi connectivity index (χ0) is 21.1. The Morgan fingerprint density at radius 3 is 2.87 bits per heavy atom. The first-order chi connectivity index (χ1) is 14.7. The van der Waals surface area contributed by atoms with Crippen LogP contribution in [0.15, 0.2) is 48.9 Å². The number of nitrogens with two attached hydrogens (primary N) is 1. The lowest BCUT2D eigenvalue weighted by molar-refractivity contribution is -0.0164.